The fraction of sp³-hybridized carbons (Fsp3) is 0.625. The SMILES string of the molecule is C=C(C(=O)OC)[C@H]1CC[C@H](C)[C@@H]2CC(=O)C(C)=C2C1. The van der Waals surface area contributed by atoms with Gasteiger partial charge in [-0.15, -0.1) is 0 Å². The van der Waals surface area contributed by atoms with Crippen LogP contribution >= 0.6 is 0 Å². The fourth-order valence-corrected chi connectivity index (χ4v) is 3.41. The van der Waals surface area contributed by atoms with Gasteiger partial charge in [0, 0.05) is 12.0 Å². The number of fused-ring (bicyclic) bond motifs is 1. The first-order chi connectivity index (χ1) is 8.95. The number of carbonyl (C=O) groups excluding carboxylic acids is 2. The summed E-state index contributed by atoms with van der Waals surface area (Å²) in [5, 5.41) is 0. The molecule has 0 saturated heterocycles. The second-order valence-electron chi connectivity index (χ2n) is 5.86. The molecule has 1 saturated carbocycles. The van der Waals surface area contributed by atoms with Crippen LogP contribution in [0.5, 0.6) is 0 Å². The van der Waals surface area contributed by atoms with Crippen molar-refractivity contribution in [3.8, 4) is 0 Å². The summed E-state index contributed by atoms with van der Waals surface area (Å²) in [4.78, 5) is 23.5. The van der Waals surface area contributed by atoms with Gasteiger partial charge in [0.15, 0.2) is 5.78 Å². The maximum absolute atomic E-state index is 11.9. The van der Waals surface area contributed by atoms with Crippen molar-refractivity contribution in [3.63, 3.8) is 0 Å². The minimum atomic E-state index is -0.321. The number of ketones is 1. The summed E-state index contributed by atoms with van der Waals surface area (Å²) < 4.78 is 4.77. The van der Waals surface area contributed by atoms with Gasteiger partial charge in [-0.25, -0.2) is 4.79 Å². The summed E-state index contributed by atoms with van der Waals surface area (Å²) in [6.45, 7) is 8.02. The van der Waals surface area contributed by atoms with Gasteiger partial charge in [0.1, 0.15) is 0 Å². The molecule has 3 nitrogen and oxygen atoms in total. The van der Waals surface area contributed by atoms with Gasteiger partial charge in [0.05, 0.1) is 7.11 Å². The molecule has 0 aliphatic heterocycles. The standard InChI is InChI=1S/C16H22O3/c1-9-5-6-12(10(2)16(18)19-4)7-14-11(3)15(17)8-13(9)14/h9,12-13H,2,5-8H2,1,3-4H3/t9-,12-,13-/m0/s1. The van der Waals surface area contributed by atoms with Crippen LogP contribution in [0.25, 0.3) is 0 Å². The van der Waals surface area contributed by atoms with Crippen LogP contribution in [0.1, 0.15) is 39.5 Å². The molecule has 0 spiro atoms. The van der Waals surface area contributed by atoms with Gasteiger partial charge in [-0.05, 0) is 49.5 Å². The monoisotopic (exact) mass is 262 g/mol. The maximum atomic E-state index is 11.9. The summed E-state index contributed by atoms with van der Waals surface area (Å²) in [5.41, 5.74) is 2.72. The first-order valence-corrected chi connectivity index (χ1v) is 6.95. The van der Waals surface area contributed by atoms with E-state index in [2.05, 4.69) is 13.5 Å². The molecule has 0 amide bonds. The quantitative estimate of drug-likeness (QED) is 0.567. The average molecular weight is 262 g/mol. The van der Waals surface area contributed by atoms with Crippen LogP contribution in [0.15, 0.2) is 23.3 Å². The Labute approximate surface area is 114 Å². The molecule has 3 atom stereocenters. The number of ether oxygens (including phenoxy) is 1. The summed E-state index contributed by atoms with van der Waals surface area (Å²) in [5.74, 6) is 0.959. The maximum Gasteiger partial charge on any atom is 0.333 e. The number of hydrogen-bond acceptors (Lipinski definition) is 3. The van der Waals surface area contributed by atoms with E-state index in [-0.39, 0.29) is 17.7 Å². The fourth-order valence-electron chi connectivity index (χ4n) is 3.41. The van der Waals surface area contributed by atoms with Crippen LogP contribution in [0.4, 0.5) is 0 Å². The largest absolute Gasteiger partial charge is 0.466 e. The first kappa shape index (κ1) is 14.0. The lowest BCUT2D eigenvalue weighted by atomic mass is 9.86. The van der Waals surface area contributed by atoms with Gasteiger partial charge in [0.25, 0.3) is 0 Å². The Morgan fingerprint density at radius 3 is 2.63 bits per heavy atom. The smallest absolute Gasteiger partial charge is 0.333 e. The van der Waals surface area contributed by atoms with Crippen LogP contribution in [0.2, 0.25) is 0 Å². The lowest BCUT2D eigenvalue weighted by Crippen LogP contribution is -2.14. The summed E-state index contributed by atoms with van der Waals surface area (Å²) in [6, 6.07) is 0. The second-order valence-corrected chi connectivity index (χ2v) is 5.86. The molecular formula is C16H22O3. The van der Waals surface area contributed by atoms with Crippen molar-refractivity contribution < 1.29 is 14.3 Å². The van der Waals surface area contributed by atoms with Crippen LogP contribution in [0, 0.1) is 17.8 Å². The molecule has 0 aromatic heterocycles. The molecule has 2 aliphatic carbocycles. The summed E-state index contributed by atoms with van der Waals surface area (Å²) >= 11 is 0. The lowest BCUT2D eigenvalue weighted by Gasteiger charge is -2.18. The minimum Gasteiger partial charge on any atom is -0.466 e. The molecule has 19 heavy (non-hydrogen) atoms. The van der Waals surface area contributed by atoms with E-state index in [0.717, 1.165) is 24.8 Å². The zero-order valence-electron chi connectivity index (χ0n) is 12.0. The van der Waals surface area contributed by atoms with Crippen molar-refractivity contribution in [2.75, 3.05) is 7.11 Å². The number of hydrogen-bond donors (Lipinski definition) is 0. The number of rotatable bonds is 2. The predicted octanol–water partition coefficient (Wildman–Crippen LogP) is 3.06. The highest BCUT2D eigenvalue weighted by Gasteiger charge is 2.38. The Morgan fingerprint density at radius 1 is 1.32 bits per heavy atom. The molecule has 2 aliphatic rings. The second kappa shape index (κ2) is 5.32. The van der Waals surface area contributed by atoms with Crippen molar-refractivity contribution in [2.24, 2.45) is 17.8 Å². The minimum absolute atomic E-state index is 0.121. The molecule has 0 aromatic carbocycles. The molecule has 0 N–H and O–H groups in total. The van der Waals surface area contributed by atoms with Crippen molar-refractivity contribution >= 4 is 11.8 Å². The van der Waals surface area contributed by atoms with Gasteiger partial charge in [-0.3, -0.25) is 4.79 Å². The Balaban J connectivity index is 2.25. The molecule has 0 aromatic rings. The zero-order valence-corrected chi connectivity index (χ0v) is 12.0. The van der Waals surface area contributed by atoms with Crippen molar-refractivity contribution in [3.05, 3.63) is 23.3 Å². The molecule has 1 fully saturated rings. The zero-order chi connectivity index (χ0) is 14.2. The van der Waals surface area contributed by atoms with Crippen molar-refractivity contribution in [1.29, 1.82) is 0 Å². The van der Waals surface area contributed by atoms with Gasteiger partial charge in [0.2, 0.25) is 0 Å². The van der Waals surface area contributed by atoms with E-state index in [0.29, 0.717) is 23.8 Å². The van der Waals surface area contributed by atoms with Gasteiger partial charge >= 0.3 is 5.97 Å². The number of esters is 1. The highest BCUT2D eigenvalue weighted by molar-refractivity contribution is 5.98. The van der Waals surface area contributed by atoms with E-state index in [1.54, 1.807) is 0 Å². The van der Waals surface area contributed by atoms with Gasteiger partial charge in [-0.1, -0.05) is 19.1 Å². The third-order valence-electron chi connectivity index (χ3n) is 4.82. The van der Waals surface area contributed by atoms with E-state index in [9.17, 15) is 9.59 Å². The highest BCUT2D eigenvalue weighted by Crippen LogP contribution is 2.45. The molecule has 2 rings (SSSR count). The Morgan fingerprint density at radius 2 is 2.00 bits per heavy atom. The predicted molar refractivity (Wildman–Crippen MR) is 73.5 cm³/mol. The number of carbonyl (C=O) groups is 2. The molecule has 0 heterocycles. The third kappa shape index (κ3) is 2.51. The summed E-state index contributed by atoms with van der Waals surface area (Å²) in [6.07, 6.45) is 3.44. The van der Waals surface area contributed by atoms with Gasteiger partial charge < -0.3 is 4.74 Å². The Bertz CT molecular complexity index is 459. The molecule has 3 heteroatoms. The van der Waals surface area contributed by atoms with Gasteiger partial charge in [-0.2, -0.15) is 0 Å². The van der Waals surface area contributed by atoms with E-state index in [1.165, 1.54) is 12.7 Å². The lowest BCUT2D eigenvalue weighted by molar-refractivity contribution is -0.136. The Hall–Kier alpha value is -1.38. The molecule has 0 bridgehead atoms. The van der Waals surface area contributed by atoms with Crippen LogP contribution in [0.3, 0.4) is 0 Å². The summed E-state index contributed by atoms with van der Waals surface area (Å²) in [7, 11) is 1.39. The third-order valence-corrected chi connectivity index (χ3v) is 4.82. The average Bonchev–Trinajstić information content (AvgIpc) is 2.59. The number of methoxy groups -OCH3 is 1. The van der Waals surface area contributed by atoms with E-state index in [4.69, 9.17) is 4.74 Å². The van der Waals surface area contributed by atoms with Crippen LogP contribution in [-0.2, 0) is 14.3 Å². The number of Topliss-reactive ketones (excluding diaryl/α,β-unsaturated/α-hetero) is 1. The Kier molecular flexibility index (Phi) is 3.93. The van der Waals surface area contributed by atoms with Crippen molar-refractivity contribution in [1.82, 2.24) is 0 Å². The molecule has 0 unspecified atom stereocenters. The van der Waals surface area contributed by atoms with E-state index >= 15 is 0 Å². The first-order valence-electron chi connectivity index (χ1n) is 6.95. The van der Waals surface area contributed by atoms with Crippen LogP contribution < -0.4 is 0 Å². The molecule has 104 valence electrons. The van der Waals surface area contributed by atoms with E-state index < -0.39 is 0 Å². The highest BCUT2D eigenvalue weighted by atomic mass is 16.5. The van der Waals surface area contributed by atoms with Crippen molar-refractivity contribution in [2.45, 2.75) is 39.5 Å². The van der Waals surface area contributed by atoms with E-state index in [1.807, 2.05) is 6.92 Å². The van der Waals surface area contributed by atoms with Crippen LogP contribution in [-0.4, -0.2) is 18.9 Å². The normalized spacial score (nSPS) is 30.9. The topological polar surface area (TPSA) is 43.4 Å². The number of allylic oxidation sites excluding steroid dienone is 2. The molecule has 0 radical (unpaired) electrons. The molecular weight excluding hydrogens is 240 g/mol.